The Labute approximate surface area is 136 Å². The van der Waals surface area contributed by atoms with E-state index in [1.807, 2.05) is 48.2 Å². The van der Waals surface area contributed by atoms with Gasteiger partial charge in [0.1, 0.15) is 11.6 Å². The first kappa shape index (κ1) is 15.3. The van der Waals surface area contributed by atoms with E-state index in [0.717, 1.165) is 30.2 Å². The Morgan fingerprint density at radius 2 is 1.91 bits per heavy atom. The summed E-state index contributed by atoms with van der Waals surface area (Å²) in [5.41, 5.74) is 1.71. The molecule has 0 aliphatic carbocycles. The number of nitrogens with zero attached hydrogens (tertiary/aromatic N) is 3. The monoisotopic (exact) mass is 311 g/mol. The van der Waals surface area contributed by atoms with Crippen molar-refractivity contribution >= 4 is 11.7 Å². The number of methoxy groups -OCH3 is 1. The molecule has 0 saturated carbocycles. The van der Waals surface area contributed by atoms with Gasteiger partial charge in [-0.2, -0.15) is 0 Å². The van der Waals surface area contributed by atoms with E-state index in [1.54, 1.807) is 13.3 Å². The molecular formula is C18H21N3O2. The molecule has 0 spiro atoms. The van der Waals surface area contributed by atoms with E-state index < -0.39 is 0 Å². The third kappa shape index (κ3) is 3.28. The van der Waals surface area contributed by atoms with Crippen molar-refractivity contribution in [2.45, 2.75) is 6.92 Å². The lowest BCUT2D eigenvalue weighted by atomic mass is 10.1. The van der Waals surface area contributed by atoms with Gasteiger partial charge in [-0.15, -0.1) is 0 Å². The van der Waals surface area contributed by atoms with Crippen molar-refractivity contribution in [2.75, 3.05) is 38.2 Å². The number of amides is 1. The predicted molar refractivity (Wildman–Crippen MR) is 90.1 cm³/mol. The number of ether oxygens (including phenoxy) is 1. The fraction of sp³-hybridized carbons (Fsp3) is 0.333. The Balaban J connectivity index is 1.66. The fourth-order valence-corrected chi connectivity index (χ4v) is 2.82. The highest BCUT2D eigenvalue weighted by atomic mass is 16.5. The van der Waals surface area contributed by atoms with Crippen molar-refractivity contribution < 1.29 is 9.53 Å². The number of carbonyl (C=O) groups is 1. The number of aromatic nitrogens is 1. The van der Waals surface area contributed by atoms with Gasteiger partial charge in [-0.05, 0) is 36.8 Å². The first-order chi connectivity index (χ1) is 11.2. The van der Waals surface area contributed by atoms with Crippen molar-refractivity contribution in [3.63, 3.8) is 0 Å². The van der Waals surface area contributed by atoms with Crippen LogP contribution in [-0.4, -0.2) is 49.1 Å². The number of carbonyl (C=O) groups excluding carboxylic acids is 1. The molecule has 0 bridgehead atoms. The maximum absolute atomic E-state index is 12.7. The number of hydrogen-bond acceptors (Lipinski definition) is 4. The van der Waals surface area contributed by atoms with Gasteiger partial charge >= 0.3 is 0 Å². The maximum atomic E-state index is 12.7. The lowest BCUT2D eigenvalue weighted by molar-refractivity contribution is 0.0746. The zero-order valence-corrected chi connectivity index (χ0v) is 13.5. The second-order valence-corrected chi connectivity index (χ2v) is 5.65. The minimum atomic E-state index is 0.0592. The summed E-state index contributed by atoms with van der Waals surface area (Å²) in [6.45, 7) is 4.97. The van der Waals surface area contributed by atoms with Crippen molar-refractivity contribution in [1.29, 1.82) is 0 Å². The molecule has 1 aromatic heterocycles. The summed E-state index contributed by atoms with van der Waals surface area (Å²) >= 11 is 0. The van der Waals surface area contributed by atoms with E-state index in [1.165, 1.54) is 0 Å². The third-order valence-corrected chi connectivity index (χ3v) is 4.20. The zero-order valence-electron chi connectivity index (χ0n) is 13.5. The lowest BCUT2D eigenvalue weighted by Gasteiger charge is -2.35. The van der Waals surface area contributed by atoms with Crippen LogP contribution in [-0.2, 0) is 0 Å². The molecule has 5 heteroatoms. The molecule has 1 saturated heterocycles. The Hall–Kier alpha value is -2.56. The molecule has 0 atom stereocenters. The van der Waals surface area contributed by atoms with Crippen LogP contribution in [0.15, 0.2) is 42.6 Å². The van der Waals surface area contributed by atoms with E-state index in [-0.39, 0.29) is 5.91 Å². The Morgan fingerprint density at radius 1 is 1.13 bits per heavy atom. The molecule has 0 radical (unpaired) electrons. The molecule has 1 fully saturated rings. The SMILES string of the molecule is COc1cc(C(=O)N2CCN(c3ccccn3)CC2)ccc1C. The van der Waals surface area contributed by atoms with Crippen molar-refractivity contribution in [1.82, 2.24) is 9.88 Å². The maximum Gasteiger partial charge on any atom is 0.254 e. The number of benzene rings is 1. The summed E-state index contributed by atoms with van der Waals surface area (Å²) < 4.78 is 5.31. The van der Waals surface area contributed by atoms with E-state index >= 15 is 0 Å². The molecule has 0 N–H and O–H groups in total. The highest BCUT2D eigenvalue weighted by Gasteiger charge is 2.23. The Morgan fingerprint density at radius 3 is 2.57 bits per heavy atom. The van der Waals surface area contributed by atoms with Gasteiger partial charge in [0.05, 0.1) is 7.11 Å². The molecule has 120 valence electrons. The summed E-state index contributed by atoms with van der Waals surface area (Å²) in [6, 6.07) is 11.5. The summed E-state index contributed by atoms with van der Waals surface area (Å²) in [4.78, 5) is 21.1. The number of piperazine rings is 1. The average Bonchev–Trinajstić information content (AvgIpc) is 2.62. The van der Waals surface area contributed by atoms with E-state index in [0.29, 0.717) is 18.7 Å². The van der Waals surface area contributed by atoms with Crippen molar-refractivity contribution in [2.24, 2.45) is 0 Å². The number of pyridine rings is 1. The quantitative estimate of drug-likeness (QED) is 0.873. The number of anilines is 1. The first-order valence-electron chi connectivity index (χ1n) is 7.79. The molecule has 3 rings (SSSR count). The zero-order chi connectivity index (χ0) is 16.2. The highest BCUT2D eigenvalue weighted by Crippen LogP contribution is 2.21. The van der Waals surface area contributed by atoms with Crippen LogP contribution in [0, 0.1) is 6.92 Å². The fourth-order valence-electron chi connectivity index (χ4n) is 2.82. The smallest absolute Gasteiger partial charge is 0.254 e. The Bertz CT molecular complexity index is 680. The van der Waals surface area contributed by atoms with E-state index in [4.69, 9.17) is 4.74 Å². The summed E-state index contributed by atoms with van der Waals surface area (Å²) in [5.74, 6) is 1.78. The standard InChI is InChI=1S/C18H21N3O2/c1-14-6-7-15(13-16(14)23-2)18(22)21-11-9-20(10-12-21)17-5-3-4-8-19-17/h3-8,13H,9-12H2,1-2H3. The van der Waals surface area contributed by atoms with Gasteiger partial charge in [0.2, 0.25) is 0 Å². The molecule has 23 heavy (non-hydrogen) atoms. The van der Waals surface area contributed by atoms with Crippen molar-refractivity contribution in [3.05, 3.63) is 53.7 Å². The molecule has 1 aliphatic rings. The van der Waals surface area contributed by atoms with Gasteiger partial charge in [-0.3, -0.25) is 4.79 Å². The molecule has 1 amide bonds. The number of aryl methyl sites for hydroxylation is 1. The van der Waals surface area contributed by atoms with Crippen molar-refractivity contribution in [3.8, 4) is 5.75 Å². The molecule has 2 heterocycles. The lowest BCUT2D eigenvalue weighted by Crippen LogP contribution is -2.49. The molecule has 1 aliphatic heterocycles. The van der Waals surface area contributed by atoms with E-state index in [2.05, 4.69) is 9.88 Å². The van der Waals surface area contributed by atoms with Crippen LogP contribution < -0.4 is 9.64 Å². The van der Waals surface area contributed by atoms with Gasteiger partial charge in [-0.25, -0.2) is 4.98 Å². The summed E-state index contributed by atoms with van der Waals surface area (Å²) in [7, 11) is 1.63. The second kappa shape index (κ2) is 6.69. The minimum Gasteiger partial charge on any atom is -0.496 e. The number of hydrogen-bond donors (Lipinski definition) is 0. The van der Waals surface area contributed by atoms with Crippen LogP contribution in [0.25, 0.3) is 0 Å². The van der Waals surface area contributed by atoms with Crippen LogP contribution in [0.5, 0.6) is 5.75 Å². The van der Waals surface area contributed by atoms with Gasteiger partial charge in [0, 0.05) is 37.9 Å². The second-order valence-electron chi connectivity index (χ2n) is 5.65. The van der Waals surface area contributed by atoms with E-state index in [9.17, 15) is 4.79 Å². The van der Waals surface area contributed by atoms with Crippen LogP contribution in [0.4, 0.5) is 5.82 Å². The highest BCUT2D eigenvalue weighted by molar-refractivity contribution is 5.95. The predicted octanol–water partition coefficient (Wildman–Crippen LogP) is 2.36. The first-order valence-corrected chi connectivity index (χ1v) is 7.79. The normalized spacial score (nSPS) is 14.7. The molecule has 5 nitrogen and oxygen atoms in total. The topological polar surface area (TPSA) is 45.7 Å². The molecular weight excluding hydrogens is 290 g/mol. The Kier molecular flexibility index (Phi) is 4.46. The summed E-state index contributed by atoms with van der Waals surface area (Å²) in [6.07, 6.45) is 1.80. The van der Waals surface area contributed by atoms with Crippen LogP contribution in [0.1, 0.15) is 15.9 Å². The van der Waals surface area contributed by atoms with Gasteiger partial charge in [0.25, 0.3) is 5.91 Å². The van der Waals surface area contributed by atoms with Gasteiger partial charge < -0.3 is 14.5 Å². The largest absolute Gasteiger partial charge is 0.496 e. The molecule has 2 aromatic rings. The summed E-state index contributed by atoms with van der Waals surface area (Å²) in [5, 5.41) is 0. The molecule has 0 unspecified atom stereocenters. The van der Waals surface area contributed by atoms with Crippen LogP contribution in [0.3, 0.4) is 0 Å². The molecule has 1 aromatic carbocycles. The number of rotatable bonds is 3. The third-order valence-electron chi connectivity index (χ3n) is 4.20. The van der Waals surface area contributed by atoms with Gasteiger partial charge in [-0.1, -0.05) is 12.1 Å². The van der Waals surface area contributed by atoms with Gasteiger partial charge in [0.15, 0.2) is 0 Å². The van der Waals surface area contributed by atoms with Crippen LogP contribution >= 0.6 is 0 Å². The average molecular weight is 311 g/mol. The minimum absolute atomic E-state index is 0.0592. The van der Waals surface area contributed by atoms with Crippen LogP contribution in [0.2, 0.25) is 0 Å².